The Labute approximate surface area is 110 Å². The van der Waals surface area contributed by atoms with Crippen LogP contribution in [-0.2, 0) is 4.79 Å². The van der Waals surface area contributed by atoms with Gasteiger partial charge >= 0.3 is 0 Å². The molecule has 2 aliphatic rings. The lowest BCUT2D eigenvalue weighted by Crippen LogP contribution is -2.46. The van der Waals surface area contributed by atoms with Crippen LogP contribution in [0.5, 0.6) is 0 Å². The van der Waals surface area contributed by atoms with Crippen LogP contribution in [0.1, 0.15) is 27.2 Å². The molecule has 4 unspecified atom stereocenters. The van der Waals surface area contributed by atoms with E-state index >= 15 is 0 Å². The first-order chi connectivity index (χ1) is 8.45. The van der Waals surface area contributed by atoms with Crippen LogP contribution in [0.15, 0.2) is 0 Å². The van der Waals surface area contributed by atoms with Crippen LogP contribution in [-0.4, -0.2) is 54.5 Å². The van der Waals surface area contributed by atoms with Crippen LogP contribution in [0.2, 0.25) is 0 Å². The number of piperidine rings is 1. The van der Waals surface area contributed by atoms with Crippen LogP contribution in [0.4, 0.5) is 0 Å². The first-order valence-electron chi connectivity index (χ1n) is 7.21. The van der Waals surface area contributed by atoms with Crippen molar-refractivity contribution in [1.82, 2.24) is 9.80 Å². The molecule has 2 fully saturated rings. The molecule has 0 spiro atoms. The summed E-state index contributed by atoms with van der Waals surface area (Å²) in [5, 5.41) is 0. The number of likely N-dealkylation sites (tertiary alicyclic amines) is 2. The molecule has 1 amide bonds. The minimum absolute atomic E-state index is 0.233. The van der Waals surface area contributed by atoms with Crippen LogP contribution >= 0.6 is 0 Å². The van der Waals surface area contributed by atoms with E-state index < -0.39 is 0 Å². The molecule has 0 bridgehead atoms. The zero-order valence-corrected chi connectivity index (χ0v) is 11.9. The molecule has 104 valence electrons. The highest BCUT2D eigenvalue weighted by Gasteiger charge is 2.31. The van der Waals surface area contributed by atoms with Crippen molar-refractivity contribution >= 4 is 5.91 Å². The summed E-state index contributed by atoms with van der Waals surface area (Å²) in [7, 11) is 0. The van der Waals surface area contributed by atoms with Gasteiger partial charge in [-0.3, -0.25) is 9.69 Å². The molecule has 4 nitrogen and oxygen atoms in total. The third-order valence-electron chi connectivity index (χ3n) is 4.33. The molecule has 2 saturated heterocycles. The van der Waals surface area contributed by atoms with E-state index in [-0.39, 0.29) is 11.9 Å². The molecule has 0 aromatic heterocycles. The fourth-order valence-corrected chi connectivity index (χ4v) is 3.38. The Bertz CT molecular complexity index is 287. The molecule has 4 heteroatoms. The predicted molar refractivity (Wildman–Crippen MR) is 73.1 cm³/mol. The predicted octanol–water partition coefficient (Wildman–Crippen LogP) is 0.770. The van der Waals surface area contributed by atoms with Crippen LogP contribution in [0.25, 0.3) is 0 Å². The largest absolute Gasteiger partial charge is 0.341 e. The van der Waals surface area contributed by atoms with E-state index in [2.05, 4.69) is 25.7 Å². The smallest absolute Gasteiger partial charge is 0.236 e. The summed E-state index contributed by atoms with van der Waals surface area (Å²) < 4.78 is 0. The number of rotatable bonds is 2. The highest BCUT2D eigenvalue weighted by Crippen LogP contribution is 2.21. The van der Waals surface area contributed by atoms with Gasteiger partial charge in [-0.15, -0.1) is 0 Å². The van der Waals surface area contributed by atoms with Gasteiger partial charge in [-0.25, -0.2) is 0 Å². The minimum atomic E-state index is 0.233. The number of carbonyl (C=O) groups is 1. The van der Waals surface area contributed by atoms with Gasteiger partial charge in [0.25, 0.3) is 0 Å². The average molecular weight is 253 g/mol. The highest BCUT2D eigenvalue weighted by molar-refractivity contribution is 5.78. The number of carbonyl (C=O) groups excluding carboxylic acids is 1. The maximum Gasteiger partial charge on any atom is 0.236 e. The number of nitrogens with two attached hydrogens (primary N) is 1. The van der Waals surface area contributed by atoms with E-state index in [0.29, 0.717) is 24.3 Å². The second-order valence-electron chi connectivity index (χ2n) is 6.58. The Kier molecular flexibility index (Phi) is 4.28. The van der Waals surface area contributed by atoms with Crippen LogP contribution < -0.4 is 5.73 Å². The van der Waals surface area contributed by atoms with Crippen molar-refractivity contribution in [1.29, 1.82) is 0 Å². The first-order valence-corrected chi connectivity index (χ1v) is 7.21. The first kappa shape index (κ1) is 13.8. The normalized spacial score (nSPS) is 38.1. The van der Waals surface area contributed by atoms with E-state index in [1.165, 1.54) is 6.42 Å². The molecule has 4 atom stereocenters. The molecule has 2 N–H and O–H groups in total. The van der Waals surface area contributed by atoms with E-state index in [0.717, 1.165) is 26.2 Å². The second-order valence-corrected chi connectivity index (χ2v) is 6.58. The number of hydrogen-bond acceptors (Lipinski definition) is 3. The second kappa shape index (κ2) is 5.57. The maximum atomic E-state index is 12.3. The Balaban J connectivity index is 1.84. The molecule has 2 heterocycles. The fraction of sp³-hybridized carbons (Fsp3) is 0.929. The molecule has 2 rings (SSSR count). The molecule has 0 aromatic rings. The summed E-state index contributed by atoms with van der Waals surface area (Å²) in [5.74, 6) is 2.07. The molecule has 18 heavy (non-hydrogen) atoms. The summed E-state index contributed by atoms with van der Waals surface area (Å²) in [5.41, 5.74) is 6.00. The van der Waals surface area contributed by atoms with Crippen molar-refractivity contribution in [2.24, 2.45) is 23.5 Å². The summed E-state index contributed by atoms with van der Waals surface area (Å²) in [6.07, 6.45) is 1.25. The van der Waals surface area contributed by atoms with Gasteiger partial charge < -0.3 is 10.6 Å². The van der Waals surface area contributed by atoms with Gasteiger partial charge in [0.15, 0.2) is 0 Å². The van der Waals surface area contributed by atoms with Gasteiger partial charge in [0, 0.05) is 32.2 Å². The molecular formula is C14H27N3O. The summed E-state index contributed by atoms with van der Waals surface area (Å²) in [6.45, 7) is 10.9. The van der Waals surface area contributed by atoms with Crippen molar-refractivity contribution < 1.29 is 4.79 Å². The maximum absolute atomic E-state index is 12.3. The SMILES string of the molecule is CC1CC(C)CN(C(=O)CN2CC(C)C(N)C2)C1. The molecule has 2 aliphatic heterocycles. The van der Waals surface area contributed by atoms with Crippen molar-refractivity contribution in [3.8, 4) is 0 Å². The fourth-order valence-electron chi connectivity index (χ4n) is 3.38. The summed E-state index contributed by atoms with van der Waals surface area (Å²) in [6, 6.07) is 0.233. The lowest BCUT2D eigenvalue weighted by molar-refractivity contribution is -0.134. The zero-order valence-electron chi connectivity index (χ0n) is 11.9. The minimum Gasteiger partial charge on any atom is -0.341 e. The lowest BCUT2D eigenvalue weighted by Gasteiger charge is -2.35. The van der Waals surface area contributed by atoms with Crippen LogP contribution in [0, 0.1) is 17.8 Å². The van der Waals surface area contributed by atoms with Gasteiger partial charge in [0.2, 0.25) is 5.91 Å². The van der Waals surface area contributed by atoms with E-state index in [4.69, 9.17) is 5.73 Å². The van der Waals surface area contributed by atoms with E-state index in [1.807, 2.05) is 4.90 Å². The van der Waals surface area contributed by atoms with Gasteiger partial charge in [-0.1, -0.05) is 20.8 Å². The van der Waals surface area contributed by atoms with Gasteiger partial charge in [0.05, 0.1) is 6.54 Å². The number of hydrogen-bond donors (Lipinski definition) is 1. The van der Waals surface area contributed by atoms with Crippen LogP contribution in [0.3, 0.4) is 0 Å². The highest BCUT2D eigenvalue weighted by atomic mass is 16.2. The molecule has 0 aromatic carbocycles. The Hall–Kier alpha value is -0.610. The molecular weight excluding hydrogens is 226 g/mol. The third-order valence-corrected chi connectivity index (χ3v) is 4.33. The quantitative estimate of drug-likeness (QED) is 0.791. The Morgan fingerprint density at radius 3 is 2.22 bits per heavy atom. The molecule has 0 aliphatic carbocycles. The van der Waals surface area contributed by atoms with Crippen molar-refractivity contribution in [2.75, 3.05) is 32.7 Å². The summed E-state index contributed by atoms with van der Waals surface area (Å²) in [4.78, 5) is 16.6. The van der Waals surface area contributed by atoms with E-state index in [9.17, 15) is 4.79 Å². The third kappa shape index (κ3) is 3.23. The van der Waals surface area contributed by atoms with Crippen molar-refractivity contribution in [3.05, 3.63) is 0 Å². The topological polar surface area (TPSA) is 49.6 Å². The monoisotopic (exact) mass is 253 g/mol. The van der Waals surface area contributed by atoms with Gasteiger partial charge in [0.1, 0.15) is 0 Å². The molecule has 0 saturated carbocycles. The van der Waals surface area contributed by atoms with Crippen molar-refractivity contribution in [3.63, 3.8) is 0 Å². The molecule has 0 radical (unpaired) electrons. The Morgan fingerprint density at radius 1 is 1.11 bits per heavy atom. The lowest BCUT2D eigenvalue weighted by atomic mass is 9.92. The number of amides is 1. The van der Waals surface area contributed by atoms with Gasteiger partial charge in [-0.2, -0.15) is 0 Å². The zero-order chi connectivity index (χ0) is 13.3. The Morgan fingerprint density at radius 2 is 1.72 bits per heavy atom. The van der Waals surface area contributed by atoms with E-state index in [1.54, 1.807) is 0 Å². The average Bonchev–Trinajstić information content (AvgIpc) is 2.56. The standard InChI is InChI=1S/C14H27N3O/c1-10-4-11(2)6-17(5-10)14(18)9-16-7-12(3)13(15)8-16/h10-13H,4-9,15H2,1-3H3. The van der Waals surface area contributed by atoms with Gasteiger partial charge in [-0.05, 0) is 24.2 Å². The summed E-state index contributed by atoms with van der Waals surface area (Å²) >= 11 is 0. The van der Waals surface area contributed by atoms with Crippen molar-refractivity contribution in [2.45, 2.75) is 33.2 Å². The number of nitrogens with zero attached hydrogens (tertiary/aromatic N) is 2.